The Balaban J connectivity index is 1.17. The van der Waals surface area contributed by atoms with Crippen molar-refractivity contribution in [3.05, 3.63) is 66.5 Å². The van der Waals surface area contributed by atoms with Gasteiger partial charge in [0.25, 0.3) is 5.91 Å². The number of rotatable bonds is 6. The third-order valence-electron chi connectivity index (χ3n) is 6.96. The van der Waals surface area contributed by atoms with E-state index in [2.05, 4.69) is 55.7 Å². The highest BCUT2D eigenvalue weighted by atomic mass is 16.2. The molecule has 0 saturated carbocycles. The van der Waals surface area contributed by atoms with Gasteiger partial charge >= 0.3 is 0 Å². The monoisotopic (exact) mass is 523 g/mol. The topological polar surface area (TPSA) is 122 Å². The fraction of sp³-hybridized carbons (Fsp3) is 0.286. The number of pyridine rings is 3. The number of carbonyl (C=O) groups is 2. The normalized spacial score (nSPS) is 14.9. The lowest BCUT2D eigenvalue weighted by molar-refractivity contribution is -0.120. The fourth-order valence-electron chi connectivity index (χ4n) is 5.13. The van der Waals surface area contributed by atoms with Crippen LogP contribution in [0.2, 0.25) is 0 Å². The zero-order chi connectivity index (χ0) is 27.3. The Hall–Kier alpha value is -4.64. The average Bonchev–Trinajstić information content (AvgIpc) is 3.47. The predicted octanol–water partition coefficient (Wildman–Crippen LogP) is 3.52. The van der Waals surface area contributed by atoms with Crippen molar-refractivity contribution in [2.24, 2.45) is 12.5 Å². The van der Waals surface area contributed by atoms with E-state index >= 15 is 0 Å². The van der Waals surface area contributed by atoms with Gasteiger partial charge in [0.2, 0.25) is 5.91 Å². The fourth-order valence-corrected chi connectivity index (χ4v) is 5.13. The van der Waals surface area contributed by atoms with Crippen LogP contribution in [0, 0.1) is 12.3 Å². The molecule has 1 aliphatic rings. The lowest BCUT2D eigenvalue weighted by Crippen LogP contribution is -2.54. The van der Waals surface area contributed by atoms with E-state index in [1.54, 1.807) is 23.7 Å². The van der Waals surface area contributed by atoms with Crippen molar-refractivity contribution in [1.82, 2.24) is 34.3 Å². The van der Waals surface area contributed by atoms with Gasteiger partial charge in [0.15, 0.2) is 5.69 Å². The van der Waals surface area contributed by atoms with Crippen molar-refractivity contribution in [2.45, 2.75) is 20.8 Å². The van der Waals surface area contributed by atoms with Crippen LogP contribution in [0.25, 0.3) is 27.7 Å². The van der Waals surface area contributed by atoms with Gasteiger partial charge in [-0.25, -0.2) is 9.50 Å². The molecule has 39 heavy (non-hydrogen) atoms. The summed E-state index contributed by atoms with van der Waals surface area (Å²) in [5.41, 5.74) is 5.39. The van der Waals surface area contributed by atoms with Crippen LogP contribution in [0.15, 0.2) is 55.1 Å². The summed E-state index contributed by atoms with van der Waals surface area (Å²) >= 11 is 0. The van der Waals surface area contributed by atoms with Crippen LogP contribution in [0.5, 0.6) is 0 Å². The second kappa shape index (κ2) is 9.28. The number of aromatic nitrogens is 6. The molecule has 5 aromatic rings. The van der Waals surface area contributed by atoms with E-state index in [0.717, 1.165) is 35.2 Å². The summed E-state index contributed by atoms with van der Waals surface area (Å²) in [6, 6.07) is 9.53. The van der Waals surface area contributed by atoms with Crippen molar-refractivity contribution < 1.29 is 9.59 Å². The number of nitrogens with one attached hydrogen (secondary N) is 2. The van der Waals surface area contributed by atoms with Crippen LogP contribution in [0.1, 0.15) is 30.0 Å². The molecule has 0 aliphatic carbocycles. The summed E-state index contributed by atoms with van der Waals surface area (Å²) in [4.78, 5) is 36.6. The lowest BCUT2D eigenvalue weighted by atomic mass is 9.84. The van der Waals surface area contributed by atoms with Gasteiger partial charge in [0.05, 0.1) is 35.3 Å². The van der Waals surface area contributed by atoms with Gasteiger partial charge in [-0.3, -0.25) is 19.5 Å². The first-order valence-corrected chi connectivity index (χ1v) is 12.7. The summed E-state index contributed by atoms with van der Waals surface area (Å²) in [5, 5.41) is 15.1. The van der Waals surface area contributed by atoms with E-state index in [9.17, 15) is 9.59 Å². The van der Waals surface area contributed by atoms with Gasteiger partial charge in [0, 0.05) is 55.2 Å². The van der Waals surface area contributed by atoms with Crippen molar-refractivity contribution in [3.63, 3.8) is 0 Å². The number of fused-ring (bicyclic) bond motifs is 2. The first-order valence-electron chi connectivity index (χ1n) is 12.7. The molecule has 1 aliphatic heterocycles. The molecular weight excluding hydrogens is 494 g/mol. The Morgan fingerprint density at radius 2 is 1.85 bits per heavy atom. The molecule has 5 aromatic heterocycles. The predicted molar refractivity (Wildman–Crippen MR) is 148 cm³/mol. The highest BCUT2D eigenvalue weighted by Crippen LogP contribution is 2.28. The quantitative estimate of drug-likeness (QED) is 0.349. The summed E-state index contributed by atoms with van der Waals surface area (Å²) in [6.45, 7) is 8.25. The van der Waals surface area contributed by atoms with Crippen LogP contribution in [0.3, 0.4) is 0 Å². The van der Waals surface area contributed by atoms with Gasteiger partial charge in [-0.2, -0.15) is 0 Å². The molecule has 0 unspecified atom stereocenters. The van der Waals surface area contributed by atoms with Crippen LogP contribution in [-0.2, 0) is 11.8 Å². The van der Waals surface area contributed by atoms with Crippen molar-refractivity contribution in [3.8, 4) is 11.1 Å². The zero-order valence-corrected chi connectivity index (χ0v) is 22.3. The summed E-state index contributed by atoms with van der Waals surface area (Å²) < 4.78 is 3.55. The van der Waals surface area contributed by atoms with E-state index in [4.69, 9.17) is 0 Å². The van der Waals surface area contributed by atoms with Crippen LogP contribution in [-0.4, -0.2) is 65.7 Å². The number of hydrogen-bond donors (Lipinski definition) is 2. The second-order valence-electron chi connectivity index (χ2n) is 10.9. The molecule has 0 radical (unpaired) electrons. The number of amides is 2. The number of hydrogen-bond acceptors (Lipinski definition) is 7. The van der Waals surface area contributed by atoms with E-state index in [1.165, 1.54) is 0 Å². The van der Waals surface area contributed by atoms with Gasteiger partial charge in [0.1, 0.15) is 5.65 Å². The van der Waals surface area contributed by atoms with E-state index < -0.39 is 5.91 Å². The van der Waals surface area contributed by atoms with E-state index in [0.29, 0.717) is 29.1 Å². The van der Waals surface area contributed by atoms with Crippen molar-refractivity contribution in [2.75, 3.05) is 30.3 Å². The number of nitrogens with zero attached hydrogens (tertiary/aromatic N) is 7. The minimum Gasteiger partial charge on any atom is -0.336 e. The summed E-state index contributed by atoms with van der Waals surface area (Å²) in [6.07, 6.45) is 7.20. The molecular formula is C28H29N9O2. The SMILES string of the molecule is Cc1ncc(NC(=O)CN2CC(C)(C)C2)cc1NC(=O)c1nnn2cc(-c3cnc4c(ccn4C)c3)ccc12. The van der Waals surface area contributed by atoms with E-state index in [1.807, 2.05) is 48.4 Å². The summed E-state index contributed by atoms with van der Waals surface area (Å²) in [5.74, 6) is -0.531. The standard InChI is InChI=1S/C28H29N9O2/c1-17-22(10-21(12-29-17)31-24(38)14-36-15-28(2,3)16-36)32-27(39)25-23-6-5-19(13-37(23)34-33-25)20-9-18-7-8-35(4)26(18)30-11-20/h5-13H,14-16H2,1-4H3,(H,31,38)(H,32,39). The molecule has 6 rings (SSSR count). The molecule has 2 N–H and O–H groups in total. The van der Waals surface area contributed by atoms with Crippen molar-refractivity contribution >= 4 is 39.7 Å². The second-order valence-corrected chi connectivity index (χ2v) is 10.9. The molecule has 11 nitrogen and oxygen atoms in total. The first kappa shape index (κ1) is 24.7. The first-order chi connectivity index (χ1) is 18.6. The number of anilines is 2. The molecule has 1 fully saturated rings. The highest BCUT2D eigenvalue weighted by molar-refractivity contribution is 6.08. The lowest BCUT2D eigenvalue weighted by Gasteiger charge is -2.45. The van der Waals surface area contributed by atoms with Crippen molar-refractivity contribution in [1.29, 1.82) is 0 Å². The zero-order valence-electron chi connectivity index (χ0n) is 22.3. The van der Waals surface area contributed by atoms with Gasteiger partial charge < -0.3 is 15.2 Å². The Morgan fingerprint density at radius 1 is 1.03 bits per heavy atom. The molecule has 1 saturated heterocycles. The summed E-state index contributed by atoms with van der Waals surface area (Å²) in [7, 11) is 1.96. The molecule has 0 aromatic carbocycles. The van der Waals surface area contributed by atoms with Crippen LogP contribution < -0.4 is 10.6 Å². The van der Waals surface area contributed by atoms with Gasteiger partial charge in [-0.05, 0) is 36.6 Å². The third-order valence-corrected chi connectivity index (χ3v) is 6.96. The van der Waals surface area contributed by atoms with Crippen LogP contribution >= 0.6 is 0 Å². The minimum atomic E-state index is -0.415. The molecule has 11 heteroatoms. The van der Waals surface area contributed by atoms with Crippen LogP contribution in [0.4, 0.5) is 11.4 Å². The Labute approximate surface area is 224 Å². The Morgan fingerprint density at radius 3 is 2.64 bits per heavy atom. The Kier molecular flexibility index (Phi) is 5.87. The molecule has 198 valence electrons. The van der Waals surface area contributed by atoms with Gasteiger partial charge in [-0.15, -0.1) is 5.10 Å². The Bertz CT molecular complexity index is 1740. The maximum atomic E-state index is 13.2. The maximum absolute atomic E-state index is 13.2. The number of aryl methyl sites for hydroxylation is 2. The molecule has 0 spiro atoms. The molecule has 6 heterocycles. The number of carbonyl (C=O) groups excluding carboxylic acids is 2. The highest BCUT2D eigenvalue weighted by Gasteiger charge is 2.34. The molecule has 0 atom stereocenters. The molecule has 2 amide bonds. The van der Waals surface area contributed by atoms with Gasteiger partial charge in [-0.1, -0.05) is 25.1 Å². The molecule has 0 bridgehead atoms. The average molecular weight is 524 g/mol. The smallest absolute Gasteiger partial charge is 0.278 e. The largest absolute Gasteiger partial charge is 0.336 e. The number of likely N-dealkylation sites (tertiary alicyclic amines) is 1. The minimum absolute atomic E-state index is 0.116. The third kappa shape index (κ3) is 4.84. The maximum Gasteiger partial charge on any atom is 0.278 e. The van der Waals surface area contributed by atoms with E-state index in [-0.39, 0.29) is 17.0 Å².